The first-order valence-corrected chi connectivity index (χ1v) is 2.17. The second-order valence-corrected chi connectivity index (χ2v) is 1.71. The Morgan fingerprint density at radius 2 is 2.50 bits per heavy atom. The van der Waals surface area contributed by atoms with Crippen molar-refractivity contribution >= 4 is 0 Å². The average Bonchev–Trinajstić information content (AvgIpc) is 1.86. The summed E-state index contributed by atoms with van der Waals surface area (Å²) in [5.74, 6) is -2.57. The van der Waals surface area contributed by atoms with Gasteiger partial charge in [-0.15, -0.1) is 0 Å². The maximum atomic E-state index is 12.2. The van der Waals surface area contributed by atoms with Crippen LogP contribution in [0.2, 0.25) is 0 Å². The fraction of sp³-hybridized carbons (Fsp3) is 0.750. The van der Waals surface area contributed by atoms with Gasteiger partial charge in [0.1, 0.15) is 19.3 Å². The molecule has 0 saturated carbocycles. The molecule has 1 fully saturated rings. The first kappa shape index (κ1) is 5.94. The lowest BCUT2D eigenvalue weighted by atomic mass is 10.2. The van der Waals surface area contributed by atoms with Crippen molar-refractivity contribution in [3.05, 3.63) is 6.61 Å². The van der Waals surface area contributed by atoms with Gasteiger partial charge in [0.05, 0.1) is 0 Å². The molecule has 47 valence electrons. The second-order valence-electron chi connectivity index (χ2n) is 1.71. The molecule has 0 aromatic rings. The Bertz CT molecular complexity index is 93.3. The van der Waals surface area contributed by atoms with Gasteiger partial charge in [0.25, 0.3) is 5.85 Å². The van der Waals surface area contributed by atoms with Crippen molar-refractivity contribution in [1.82, 2.24) is 0 Å². The van der Waals surface area contributed by atoms with E-state index in [-0.39, 0.29) is 0 Å². The highest BCUT2D eigenvalue weighted by atomic mass is 19.2. The van der Waals surface area contributed by atoms with Crippen molar-refractivity contribution in [3.8, 4) is 0 Å². The first-order chi connectivity index (χ1) is 3.63. The highest BCUT2D eigenvalue weighted by Crippen LogP contribution is 2.22. The van der Waals surface area contributed by atoms with Gasteiger partial charge in [-0.25, -0.2) is 4.39 Å². The van der Waals surface area contributed by atoms with Crippen LogP contribution in [-0.4, -0.2) is 28.8 Å². The van der Waals surface area contributed by atoms with Crippen LogP contribution >= 0.6 is 0 Å². The van der Waals surface area contributed by atoms with E-state index >= 15 is 0 Å². The van der Waals surface area contributed by atoms with Crippen molar-refractivity contribution < 1.29 is 19.3 Å². The highest BCUT2D eigenvalue weighted by Gasteiger charge is 2.42. The summed E-state index contributed by atoms with van der Waals surface area (Å²) in [5.41, 5.74) is 0. The molecule has 1 aliphatic heterocycles. The van der Waals surface area contributed by atoms with Crippen LogP contribution in [-0.2, 0) is 4.74 Å². The van der Waals surface area contributed by atoms with Gasteiger partial charge in [-0.3, -0.25) is 0 Å². The molecule has 8 heavy (non-hydrogen) atoms. The zero-order valence-electron chi connectivity index (χ0n) is 4.04. The predicted octanol–water partition coefficient (Wildman–Crippen LogP) is -0.803. The van der Waals surface area contributed by atoms with E-state index in [4.69, 9.17) is 10.2 Å². The Hall–Kier alpha value is -0.190. The van der Waals surface area contributed by atoms with Crippen LogP contribution in [0.3, 0.4) is 0 Å². The molecule has 0 aromatic carbocycles. The number of hydrogen-bond donors (Lipinski definition) is 2. The maximum absolute atomic E-state index is 12.2. The molecule has 0 amide bonds. The van der Waals surface area contributed by atoms with Gasteiger partial charge in [0, 0.05) is 0 Å². The largest absolute Gasteiger partial charge is 0.384 e. The molecule has 0 bridgehead atoms. The van der Waals surface area contributed by atoms with Gasteiger partial charge >= 0.3 is 0 Å². The summed E-state index contributed by atoms with van der Waals surface area (Å²) in [6.07, 6.45) is -1.50. The number of hydrogen-bond acceptors (Lipinski definition) is 3. The van der Waals surface area contributed by atoms with Crippen LogP contribution in [0.4, 0.5) is 4.39 Å². The second kappa shape index (κ2) is 1.65. The maximum Gasteiger partial charge on any atom is 0.259 e. The minimum Gasteiger partial charge on any atom is -0.384 e. The lowest BCUT2D eigenvalue weighted by Crippen LogP contribution is -2.34. The summed E-state index contributed by atoms with van der Waals surface area (Å²) in [6, 6.07) is 0. The van der Waals surface area contributed by atoms with Crippen LogP contribution in [0.25, 0.3) is 0 Å². The Morgan fingerprint density at radius 1 is 1.88 bits per heavy atom. The molecule has 0 aliphatic carbocycles. The molecule has 1 rings (SSSR count). The van der Waals surface area contributed by atoms with Crippen molar-refractivity contribution in [1.29, 1.82) is 0 Å². The van der Waals surface area contributed by atoms with E-state index in [0.29, 0.717) is 0 Å². The molecular formula is C4H6FO3. The monoisotopic (exact) mass is 121 g/mol. The number of aliphatic hydroxyl groups excluding tert-OH is 1. The van der Waals surface area contributed by atoms with Gasteiger partial charge in [0.2, 0.25) is 0 Å². The number of ether oxygens (including phenoxy) is 1. The molecular weight excluding hydrogens is 115 g/mol. The van der Waals surface area contributed by atoms with Crippen molar-refractivity contribution in [2.45, 2.75) is 12.0 Å². The van der Waals surface area contributed by atoms with Gasteiger partial charge in [0.15, 0.2) is 0 Å². The molecule has 4 heteroatoms. The molecule has 2 atom stereocenters. The number of alkyl halides is 1. The SMILES string of the molecule is O[C@@H]1[CH]OC[C@]1(O)F. The third kappa shape index (κ3) is 0.819. The Kier molecular flexibility index (Phi) is 1.22. The van der Waals surface area contributed by atoms with Gasteiger partial charge < -0.3 is 14.9 Å². The fourth-order valence-corrected chi connectivity index (χ4v) is 0.446. The third-order valence-electron chi connectivity index (χ3n) is 0.964. The van der Waals surface area contributed by atoms with Crippen LogP contribution in [0.15, 0.2) is 0 Å². The molecule has 1 saturated heterocycles. The van der Waals surface area contributed by atoms with Crippen LogP contribution < -0.4 is 0 Å². The van der Waals surface area contributed by atoms with Gasteiger partial charge in [-0.1, -0.05) is 0 Å². The lowest BCUT2D eigenvalue weighted by molar-refractivity contribution is -0.141. The van der Waals surface area contributed by atoms with E-state index in [1.54, 1.807) is 0 Å². The Morgan fingerprint density at radius 3 is 2.62 bits per heavy atom. The number of aliphatic hydroxyl groups is 2. The topological polar surface area (TPSA) is 49.7 Å². The van der Waals surface area contributed by atoms with Gasteiger partial charge in [-0.2, -0.15) is 0 Å². The minimum atomic E-state index is -2.57. The normalized spacial score (nSPS) is 47.6. The van der Waals surface area contributed by atoms with Crippen molar-refractivity contribution in [2.75, 3.05) is 6.61 Å². The summed E-state index contributed by atoms with van der Waals surface area (Å²) >= 11 is 0. The lowest BCUT2D eigenvalue weighted by Gasteiger charge is -2.11. The molecule has 0 spiro atoms. The molecule has 0 aromatic heterocycles. The third-order valence-corrected chi connectivity index (χ3v) is 0.964. The number of halogens is 1. The molecule has 3 nitrogen and oxygen atoms in total. The van der Waals surface area contributed by atoms with E-state index < -0.39 is 18.6 Å². The van der Waals surface area contributed by atoms with Crippen molar-refractivity contribution in [2.24, 2.45) is 0 Å². The average molecular weight is 121 g/mol. The van der Waals surface area contributed by atoms with Gasteiger partial charge in [-0.05, 0) is 0 Å². The summed E-state index contributed by atoms with van der Waals surface area (Å²) in [4.78, 5) is 0. The molecule has 0 unspecified atom stereocenters. The van der Waals surface area contributed by atoms with Crippen LogP contribution in [0.1, 0.15) is 0 Å². The predicted molar refractivity (Wildman–Crippen MR) is 22.3 cm³/mol. The summed E-state index contributed by atoms with van der Waals surface area (Å²) in [7, 11) is 0. The van der Waals surface area contributed by atoms with E-state index in [1.165, 1.54) is 0 Å². The van der Waals surface area contributed by atoms with E-state index in [9.17, 15) is 4.39 Å². The molecule has 1 radical (unpaired) electrons. The molecule has 1 aliphatic rings. The standard InChI is InChI=1S/C4H6FO3/c5-4(7)2-8-1-3(4)6/h1,3,6-7H,2H2/t3-,4-/m1/s1. The highest BCUT2D eigenvalue weighted by molar-refractivity contribution is 4.88. The summed E-state index contributed by atoms with van der Waals surface area (Å²) in [6.45, 7) is 0.383. The zero-order valence-corrected chi connectivity index (χ0v) is 4.04. The quantitative estimate of drug-likeness (QED) is 0.441. The minimum absolute atomic E-state index is 0.478. The Labute approximate surface area is 45.7 Å². The number of rotatable bonds is 0. The summed E-state index contributed by atoms with van der Waals surface area (Å²) < 4.78 is 16.4. The summed E-state index contributed by atoms with van der Waals surface area (Å²) in [5, 5.41) is 16.8. The fourth-order valence-electron chi connectivity index (χ4n) is 0.446. The van der Waals surface area contributed by atoms with E-state index in [0.717, 1.165) is 6.61 Å². The van der Waals surface area contributed by atoms with Crippen LogP contribution in [0.5, 0.6) is 0 Å². The van der Waals surface area contributed by atoms with Crippen LogP contribution in [0, 0.1) is 6.61 Å². The van der Waals surface area contributed by atoms with E-state index in [2.05, 4.69) is 4.74 Å². The molecule has 1 heterocycles. The Balaban J connectivity index is 2.54. The zero-order chi connectivity index (χ0) is 6.20. The van der Waals surface area contributed by atoms with E-state index in [1.807, 2.05) is 0 Å². The van der Waals surface area contributed by atoms with Crippen molar-refractivity contribution in [3.63, 3.8) is 0 Å². The first-order valence-electron chi connectivity index (χ1n) is 2.17. The smallest absolute Gasteiger partial charge is 0.259 e. The molecule has 2 N–H and O–H groups in total.